The van der Waals surface area contributed by atoms with E-state index in [0.29, 0.717) is 18.0 Å². The zero-order chi connectivity index (χ0) is 12.8. The summed E-state index contributed by atoms with van der Waals surface area (Å²) >= 11 is 0. The van der Waals surface area contributed by atoms with E-state index in [2.05, 4.69) is 50.4 Å². The van der Waals surface area contributed by atoms with E-state index in [1.807, 2.05) is 13.0 Å². The molecule has 0 fully saturated rings. The van der Waals surface area contributed by atoms with Crippen molar-refractivity contribution < 1.29 is 5.11 Å². The van der Waals surface area contributed by atoms with Gasteiger partial charge in [0.05, 0.1) is 6.10 Å². The molecule has 0 radical (unpaired) electrons. The Labute approximate surface area is 105 Å². The minimum Gasteiger partial charge on any atom is -0.393 e. The molecule has 0 aliphatic carbocycles. The third-order valence-corrected chi connectivity index (χ3v) is 2.98. The molecule has 3 atom stereocenters. The number of hydrogen-bond acceptors (Lipinski definition) is 2. The van der Waals surface area contributed by atoms with Gasteiger partial charge < -0.3 is 10.4 Å². The summed E-state index contributed by atoms with van der Waals surface area (Å²) < 4.78 is 0. The summed E-state index contributed by atoms with van der Waals surface area (Å²) in [5.41, 5.74) is 1.32. The van der Waals surface area contributed by atoms with Crippen molar-refractivity contribution in [3.63, 3.8) is 0 Å². The molecule has 0 amide bonds. The molecule has 0 aliphatic heterocycles. The Morgan fingerprint density at radius 3 is 2.12 bits per heavy atom. The fraction of sp³-hybridized carbons (Fsp3) is 0.600. The highest BCUT2D eigenvalue weighted by molar-refractivity contribution is 5.19. The topological polar surface area (TPSA) is 32.3 Å². The van der Waals surface area contributed by atoms with Crippen LogP contribution in [0.25, 0.3) is 0 Å². The number of aliphatic hydroxyl groups excluding tert-OH is 1. The lowest BCUT2D eigenvalue weighted by molar-refractivity contribution is 0.165. The molecule has 2 nitrogen and oxygen atoms in total. The van der Waals surface area contributed by atoms with Crippen LogP contribution in [0.4, 0.5) is 0 Å². The van der Waals surface area contributed by atoms with E-state index in [-0.39, 0.29) is 6.10 Å². The van der Waals surface area contributed by atoms with Crippen LogP contribution in [-0.2, 0) is 0 Å². The normalized spacial score (nSPS) is 16.8. The number of nitrogens with one attached hydrogen (secondary N) is 1. The maximum absolute atomic E-state index is 9.40. The van der Waals surface area contributed by atoms with Crippen molar-refractivity contribution in [2.45, 2.75) is 52.3 Å². The standard InChI is InChI=1S/C15H25NO/c1-11(2)15(14-8-6-5-7-9-14)16-12(3)10-13(4)17/h5-9,11-13,15-17H,10H2,1-4H3. The van der Waals surface area contributed by atoms with E-state index in [4.69, 9.17) is 0 Å². The summed E-state index contributed by atoms with van der Waals surface area (Å²) in [5, 5.41) is 13.0. The first-order valence-electron chi connectivity index (χ1n) is 6.49. The van der Waals surface area contributed by atoms with Gasteiger partial charge in [-0.2, -0.15) is 0 Å². The highest BCUT2D eigenvalue weighted by Crippen LogP contribution is 2.22. The maximum Gasteiger partial charge on any atom is 0.0526 e. The van der Waals surface area contributed by atoms with Crippen LogP contribution >= 0.6 is 0 Å². The largest absolute Gasteiger partial charge is 0.393 e. The fourth-order valence-electron chi connectivity index (χ4n) is 2.22. The lowest BCUT2D eigenvalue weighted by Crippen LogP contribution is -2.35. The Balaban J connectivity index is 2.68. The molecule has 0 aromatic heterocycles. The van der Waals surface area contributed by atoms with Gasteiger partial charge in [0.25, 0.3) is 0 Å². The average molecular weight is 235 g/mol. The Hall–Kier alpha value is -0.860. The van der Waals surface area contributed by atoms with Gasteiger partial charge in [-0.3, -0.25) is 0 Å². The van der Waals surface area contributed by atoms with Crippen molar-refractivity contribution in [3.8, 4) is 0 Å². The van der Waals surface area contributed by atoms with Crippen molar-refractivity contribution in [2.75, 3.05) is 0 Å². The molecule has 1 rings (SSSR count). The molecule has 3 unspecified atom stereocenters. The van der Waals surface area contributed by atoms with Gasteiger partial charge in [0, 0.05) is 12.1 Å². The van der Waals surface area contributed by atoms with Crippen molar-refractivity contribution in [2.24, 2.45) is 5.92 Å². The molecule has 96 valence electrons. The second kappa shape index (κ2) is 6.77. The molecule has 0 saturated heterocycles. The highest BCUT2D eigenvalue weighted by Gasteiger charge is 2.18. The lowest BCUT2D eigenvalue weighted by atomic mass is 9.95. The van der Waals surface area contributed by atoms with Crippen LogP contribution in [0.2, 0.25) is 0 Å². The molecular formula is C15H25NO. The minimum absolute atomic E-state index is 0.249. The molecule has 0 spiro atoms. The molecule has 1 aromatic carbocycles. The van der Waals surface area contributed by atoms with Crippen molar-refractivity contribution in [3.05, 3.63) is 35.9 Å². The summed E-state index contributed by atoms with van der Waals surface area (Å²) in [5.74, 6) is 0.536. The first kappa shape index (κ1) is 14.2. The van der Waals surface area contributed by atoms with Gasteiger partial charge in [0.15, 0.2) is 0 Å². The van der Waals surface area contributed by atoms with Gasteiger partial charge in [0.2, 0.25) is 0 Å². The van der Waals surface area contributed by atoms with Crippen molar-refractivity contribution in [1.82, 2.24) is 5.32 Å². The highest BCUT2D eigenvalue weighted by atomic mass is 16.3. The van der Waals surface area contributed by atoms with Gasteiger partial charge in [-0.15, -0.1) is 0 Å². The average Bonchev–Trinajstić information content (AvgIpc) is 2.25. The SMILES string of the molecule is CC(O)CC(C)NC(c1ccccc1)C(C)C. The summed E-state index contributed by atoms with van der Waals surface area (Å²) in [4.78, 5) is 0. The molecule has 0 aliphatic rings. The third-order valence-electron chi connectivity index (χ3n) is 2.98. The second-order valence-electron chi connectivity index (χ2n) is 5.28. The fourth-order valence-corrected chi connectivity index (χ4v) is 2.22. The van der Waals surface area contributed by atoms with E-state index in [1.54, 1.807) is 0 Å². The third kappa shape index (κ3) is 4.88. The van der Waals surface area contributed by atoms with E-state index in [1.165, 1.54) is 5.56 Å². The zero-order valence-corrected chi connectivity index (χ0v) is 11.4. The molecule has 2 N–H and O–H groups in total. The first-order valence-corrected chi connectivity index (χ1v) is 6.49. The molecule has 2 heteroatoms. The summed E-state index contributed by atoms with van der Waals surface area (Å²) in [6.45, 7) is 8.41. The van der Waals surface area contributed by atoms with Gasteiger partial charge in [0.1, 0.15) is 0 Å². The van der Waals surface area contributed by atoms with Crippen LogP contribution in [0, 0.1) is 5.92 Å². The quantitative estimate of drug-likeness (QED) is 0.794. The maximum atomic E-state index is 9.40. The first-order chi connectivity index (χ1) is 8.00. The predicted octanol–water partition coefficient (Wildman–Crippen LogP) is 3.13. The zero-order valence-electron chi connectivity index (χ0n) is 11.4. The number of hydrogen-bond donors (Lipinski definition) is 2. The van der Waals surface area contributed by atoms with Crippen LogP contribution < -0.4 is 5.32 Å². The smallest absolute Gasteiger partial charge is 0.0526 e. The molecule has 0 heterocycles. The van der Waals surface area contributed by atoms with Crippen LogP contribution in [0.1, 0.15) is 45.7 Å². The second-order valence-corrected chi connectivity index (χ2v) is 5.28. The van der Waals surface area contributed by atoms with E-state index >= 15 is 0 Å². The number of aliphatic hydroxyl groups is 1. The van der Waals surface area contributed by atoms with Gasteiger partial charge in [-0.05, 0) is 31.7 Å². The van der Waals surface area contributed by atoms with Crippen molar-refractivity contribution in [1.29, 1.82) is 0 Å². The lowest BCUT2D eigenvalue weighted by Gasteiger charge is -2.27. The van der Waals surface area contributed by atoms with Crippen molar-refractivity contribution >= 4 is 0 Å². The Kier molecular flexibility index (Phi) is 5.66. The Bertz CT molecular complexity index is 308. The van der Waals surface area contributed by atoms with Crippen LogP contribution in [0.3, 0.4) is 0 Å². The Morgan fingerprint density at radius 2 is 1.65 bits per heavy atom. The van der Waals surface area contributed by atoms with Crippen LogP contribution in [-0.4, -0.2) is 17.3 Å². The number of rotatable bonds is 6. The van der Waals surface area contributed by atoms with E-state index in [9.17, 15) is 5.11 Å². The predicted molar refractivity (Wildman–Crippen MR) is 72.9 cm³/mol. The molecule has 1 aromatic rings. The summed E-state index contributed by atoms with van der Waals surface area (Å²) in [7, 11) is 0. The van der Waals surface area contributed by atoms with E-state index in [0.717, 1.165) is 6.42 Å². The van der Waals surface area contributed by atoms with Gasteiger partial charge >= 0.3 is 0 Å². The summed E-state index contributed by atoms with van der Waals surface area (Å²) in [6, 6.07) is 11.2. The van der Waals surface area contributed by atoms with Crippen LogP contribution in [0.15, 0.2) is 30.3 Å². The monoisotopic (exact) mass is 235 g/mol. The molecule has 0 bridgehead atoms. The molecule has 0 saturated carbocycles. The minimum atomic E-state index is -0.249. The summed E-state index contributed by atoms with van der Waals surface area (Å²) in [6.07, 6.45) is 0.539. The van der Waals surface area contributed by atoms with Gasteiger partial charge in [-0.25, -0.2) is 0 Å². The van der Waals surface area contributed by atoms with Gasteiger partial charge in [-0.1, -0.05) is 44.2 Å². The Morgan fingerprint density at radius 1 is 1.06 bits per heavy atom. The van der Waals surface area contributed by atoms with Crippen LogP contribution in [0.5, 0.6) is 0 Å². The van der Waals surface area contributed by atoms with E-state index < -0.39 is 0 Å². The number of benzene rings is 1. The molecule has 17 heavy (non-hydrogen) atoms. The molecular weight excluding hydrogens is 210 g/mol.